The molecule has 0 saturated carbocycles. The molecule has 0 fully saturated rings. The monoisotopic (exact) mass is 244 g/mol. The Hall–Kier alpha value is -2.16. The lowest BCUT2D eigenvalue weighted by atomic mass is 10.0. The van der Waals surface area contributed by atoms with E-state index in [0.29, 0.717) is 16.9 Å². The fourth-order valence-corrected chi connectivity index (χ4v) is 1.74. The lowest BCUT2D eigenvalue weighted by Gasteiger charge is -2.08. The number of halogens is 1. The van der Waals surface area contributed by atoms with Crippen molar-refractivity contribution >= 4 is 5.78 Å². The number of ketones is 1. The third-order valence-electron chi connectivity index (χ3n) is 2.71. The molecule has 0 aliphatic heterocycles. The van der Waals surface area contributed by atoms with Crippen molar-refractivity contribution in [2.45, 2.75) is 6.92 Å². The van der Waals surface area contributed by atoms with Gasteiger partial charge in [-0.2, -0.15) is 0 Å². The van der Waals surface area contributed by atoms with Crippen LogP contribution in [0.4, 0.5) is 4.39 Å². The fraction of sp³-hybridized carbons (Fsp3) is 0.133. The number of hydrogen-bond acceptors (Lipinski definition) is 2. The molecule has 2 nitrogen and oxygen atoms in total. The SMILES string of the molecule is COc1cc(C)ccc1C(=O)c1ccc(F)cc1. The fourth-order valence-electron chi connectivity index (χ4n) is 1.74. The number of rotatable bonds is 3. The van der Waals surface area contributed by atoms with E-state index in [1.807, 2.05) is 13.0 Å². The van der Waals surface area contributed by atoms with Crippen molar-refractivity contribution in [1.82, 2.24) is 0 Å². The maximum absolute atomic E-state index is 12.8. The van der Waals surface area contributed by atoms with Crippen LogP contribution in [-0.2, 0) is 0 Å². The minimum absolute atomic E-state index is 0.174. The van der Waals surface area contributed by atoms with Gasteiger partial charge in [-0.05, 0) is 48.9 Å². The van der Waals surface area contributed by atoms with Crippen molar-refractivity contribution in [3.63, 3.8) is 0 Å². The topological polar surface area (TPSA) is 26.3 Å². The summed E-state index contributed by atoms with van der Waals surface area (Å²) in [5.41, 5.74) is 1.94. The number of methoxy groups -OCH3 is 1. The van der Waals surface area contributed by atoms with Gasteiger partial charge in [0.25, 0.3) is 0 Å². The lowest BCUT2D eigenvalue weighted by Crippen LogP contribution is -2.04. The van der Waals surface area contributed by atoms with Gasteiger partial charge in [-0.1, -0.05) is 6.07 Å². The highest BCUT2D eigenvalue weighted by atomic mass is 19.1. The van der Waals surface area contributed by atoms with Crippen LogP contribution in [0.2, 0.25) is 0 Å². The molecule has 2 aromatic carbocycles. The van der Waals surface area contributed by atoms with Gasteiger partial charge in [0, 0.05) is 5.56 Å². The van der Waals surface area contributed by atoms with Crippen LogP contribution < -0.4 is 4.74 Å². The van der Waals surface area contributed by atoms with Gasteiger partial charge in [-0.15, -0.1) is 0 Å². The van der Waals surface area contributed by atoms with Gasteiger partial charge in [-0.25, -0.2) is 4.39 Å². The van der Waals surface area contributed by atoms with Gasteiger partial charge < -0.3 is 4.74 Å². The molecule has 0 aliphatic carbocycles. The Labute approximate surface area is 105 Å². The van der Waals surface area contributed by atoms with Crippen LogP contribution in [0.1, 0.15) is 21.5 Å². The van der Waals surface area contributed by atoms with Crippen molar-refractivity contribution < 1.29 is 13.9 Å². The Morgan fingerprint density at radius 1 is 1.11 bits per heavy atom. The first-order valence-corrected chi connectivity index (χ1v) is 5.56. The number of hydrogen-bond donors (Lipinski definition) is 0. The second-order valence-electron chi connectivity index (χ2n) is 4.04. The third kappa shape index (κ3) is 2.40. The van der Waals surface area contributed by atoms with Crippen LogP contribution in [0.3, 0.4) is 0 Å². The number of ether oxygens (including phenoxy) is 1. The molecular weight excluding hydrogens is 231 g/mol. The van der Waals surface area contributed by atoms with E-state index in [4.69, 9.17) is 4.74 Å². The average Bonchev–Trinajstić information content (AvgIpc) is 2.38. The third-order valence-corrected chi connectivity index (χ3v) is 2.71. The highest BCUT2D eigenvalue weighted by Gasteiger charge is 2.14. The highest BCUT2D eigenvalue weighted by Crippen LogP contribution is 2.23. The zero-order chi connectivity index (χ0) is 13.1. The molecule has 2 rings (SSSR count). The zero-order valence-corrected chi connectivity index (χ0v) is 10.2. The minimum atomic E-state index is -0.359. The van der Waals surface area contributed by atoms with E-state index in [1.54, 1.807) is 12.1 Å². The summed E-state index contributed by atoms with van der Waals surface area (Å²) >= 11 is 0. The van der Waals surface area contributed by atoms with E-state index in [9.17, 15) is 9.18 Å². The quantitative estimate of drug-likeness (QED) is 0.774. The molecule has 0 aromatic heterocycles. The second kappa shape index (κ2) is 5.00. The van der Waals surface area contributed by atoms with Crippen LogP contribution in [0.15, 0.2) is 42.5 Å². The van der Waals surface area contributed by atoms with E-state index < -0.39 is 0 Å². The highest BCUT2D eigenvalue weighted by molar-refractivity contribution is 6.10. The number of benzene rings is 2. The molecule has 0 heterocycles. The molecule has 2 aromatic rings. The van der Waals surface area contributed by atoms with Crippen molar-refractivity contribution in [1.29, 1.82) is 0 Å². The van der Waals surface area contributed by atoms with Crippen LogP contribution in [0.25, 0.3) is 0 Å². The number of carbonyl (C=O) groups excluding carboxylic acids is 1. The van der Waals surface area contributed by atoms with E-state index in [1.165, 1.54) is 31.4 Å². The largest absolute Gasteiger partial charge is 0.496 e. The number of carbonyl (C=O) groups is 1. The molecule has 0 saturated heterocycles. The standard InChI is InChI=1S/C15H13FO2/c1-10-3-8-13(14(9-10)18-2)15(17)11-4-6-12(16)7-5-11/h3-9H,1-2H3. The molecule has 18 heavy (non-hydrogen) atoms. The summed E-state index contributed by atoms with van der Waals surface area (Å²) in [5, 5.41) is 0. The Bertz CT molecular complexity index is 574. The summed E-state index contributed by atoms with van der Waals surface area (Å²) in [5.74, 6) is -0.00130. The molecule has 92 valence electrons. The molecule has 0 radical (unpaired) electrons. The molecule has 0 spiro atoms. The van der Waals surface area contributed by atoms with E-state index in [0.717, 1.165) is 5.56 Å². The van der Waals surface area contributed by atoms with E-state index in [-0.39, 0.29) is 11.6 Å². The van der Waals surface area contributed by atoms with Gasteiger partial charge in [0.1, 0.15) is 11.6 Å². The van der Waals surface area contributed by atoms with Crippen molar-refractivity contribution in [3.8, 4) is 5.75 Å². The zero-order valence-electron chi connectivity index (χ0n) is 10.2. The van der Waals surface area contributed by atoms with E-state index >= 15 is 0 Å². The molecule has 0 N–H and O–H groups in total. The Kier molecular flexibility index (Phi) is 3.42. The molecule has 0 aliphatic rings. The first-order chi connectivity index (χ1) is 8.61. The predicted molar refractivity (Wildman–Crippen MR) is 67.6 cm³/mol. The summed E-state index contributed by atoms with van der Waals surface area (Å²) < 4.78 is 18.0. The molecule has 3 heteroatoms. The second-order valence-corrected chi connectivity index (χ2v) is 4.04. The van der Waals surface area contributed by atoms with Crippen molar-refractivity contribution in [2.75, 3.05) is 7.11 Å². The summed E-state index contributed by atoms with van der Waals surface area (Å²) in [6, 6.07) is 10.9. The predicted octanol–water partition coefficient (Wildman–Crippen LogP) is 3.37. The van der Waals surface area contributed by atoms with Crippen LogP contribution >= 0.6 is 0 Å². The molecule has 0 atom stereocenters. The lowest BCUT2D eigenvalue weighted by molar-refractivity contribution is 0.103. The molecular formula is C15H13FO2. The van der Waals surface area contributed by atoms with Gasteiger partial charge in [0.2, 0.25) is 0 Å². The van der Waals surface area contributed by atoms with Gasteiger partial charge in [0.05, 0.1) is 12.7 Å². The minimum Gasteiger partial charge on any atom is -0.496 e. The van der Waals surface area contributed by atoms with Gasteiger partial charge in [-0.3, -0.25) is 4.79 Å². The summed E-state index contributed by atoms with van der Waals surface area (Å²) in [4.78, 5) is 12.2. The first-order valence-electron chi connectivity index (χ1n) is 5.56. The van der Waals surface area contributed by atoms with Gasteiger partial charge in [0.15, 0.2) is 5.78 Å². The van der Waals surface area contributed by atoms with Crippen molar-refractivity contribution in [2.24, 2.45) is 0 Å². The Morgan fingerprint density at radius 3 is 2.39 bits per heavy atom. The smallest absolute Gasteiger partial charge is 0.196 e. The maximum atomic E-state index is 12.8. The Balaban J connectivity index is 2.42. The molecule has 0 bridgehead atoms. The summed E-state index contributed by atoms with van der Waals surface area (Å²) in [6.07, 6.45) is 0. The van der Waals surface area contributed by atoms with Crippen LogP contribution in [0, 0.1) is 12.7 Å². The van der Waals surface area contributed by atoms with Gasteiger partial charge >= 0.3 is 0 Å². The van der Waals surface area contributed by atoms with E-state index in [2.05, 4.69) is 0 Å². The van der Waals surface area contributed by atoms with Crippen molar-refractivity contribution in [3.05, 3.63) is 65.0 Å². The first kappa shape index (κ1) is 12.3. The van der Waals surface area contributed by atoms with Crippen LogP contribution in [0.5, 0.6) is 5.75 Å². The Morgan fingerprint density at radius 2 is 1.78 bits per heavy atom. The molecule has 0 unspecified atom stereocenters. The maximum Gasteiger partial charge on any atom is 0.196 e. The normalized spacial score (nSPS) is 10.2. The number of aryl methyl sites for hydroxylation is 1. The van der Waals surface area contributed by atoms with Crippen LogP contribution in [-0.4, -0.2) is 12.9 Å². The summed E-state index contributed by atoms with van der Waals surface area (Å²) in [6.45, 7) is 1.93. The average molecular weight is 244 g/mol. The summed E-state index contributed by atoms with van der Waals surface area (Å²) in [7, 11) is 1.52. The molecule has 0 amide bonds.